The van der Waals surface area contributed by atoms with Crippen LogP contribution in [0.25, 0.3) is 0 Å². The zero-order valence-corrected chi connectivity index (χ0v) is 12.5. The van der Waals surface area contributed by atoms with Crippen LogP contribution >= 0.6 is 11.8 Å². The molecule has 20 heavy (non-hydrogen) atoms. The summed E-state index contributed by atoms with van der Waals surface area (Å²) >= 11 is 1.67. The summed E-state index contributed by atoms with van der Waals surface area (Å²) in [6.45, 7) is 3.88. The molecule has 1 heterocycles. The monoisotopic (exact) mass is 293 g/mol. The third kappa shape index (κ3) is 4.06. The first kappa shape index (κ1) is 15.0. The van der Waals surface area contributed by atoms with E-state index in [1.165, 1.54) is 10.5 Å². The molecule has 1 atom stereocenters. The first-order valence-corrected chi connectivity index (χ1v) is 7.41. The van der Waals surface area contributed by atoms with Crippen molar-refractivity contribution in [1.82, 2.24) is 10.1 Å². The molecule has 108 valence electrons. The van der Waals surface area contributed by atoms with Crippen molar-refractivity contribution in [2.75, 3.05) is 6.54 Å². The molecular formula is C14H19N3O2S. The molecule has 0 aliphatic rings. The molecule has 1 aromatic heterocycles. The summed E-state index contributed by atoms with van der Waals surface area (Å²) < 4.78 is 5.13. The molecule has 6 heteroatoms. The Hall–Kier alpha value is -1.37. The van der Waals surface area contributed by atoms with E-state index in [1.54, 1.807) is 18.7 Å². The molecule has 1 unspecified atom stereocenters. The van der Waals surface area contributed by atoms with Crippen molar-refractivity contribution in [1.29, 1.82) is 0 Å². The van der Waals surface area contributed by atoms with Gasteiger partial charge in [-0.3, -0.25) is 0 Å². The lowest BCUT2D eigenvalue weighted by molar-refractivity contribution is 0.0610. The summed E-state index contributed by atoms with van der Waals surface area (Å²) in [6, 6.07) is 8.17. The van der Waals surface area contributed by atoms with Gasteiger partial charge < -0.3 is 15.4 Å². The van der Waals surface area contributed by atoms with Gasteiger partial charge in [-0.15, -0.1) is 11.8 Å². The lowest BCUT2D eigenvalue weighted by Gasteiger charge is -2.17. The van der Waals surface area contributed by atoms with Gasteiger partial charge in [-0.05, 0) is 25.5 Å². The molecule has 3 N–H and O–H groups in total. The maximum atomic E-state index is 9.87. The number of thioether (sulfide) groups is 1. The van der Waals surface area contributed by atoms with Crippen LogP contribution in [0.1, 0.15) is 24.2 Å². The van der Waals surface area contributed by atoms with Crippen molar-refractivity contribution in [3.63, 3.8) is 0 Å². The Bertz CT molecular complexity index is 569. The average Bonchev–Trinajstić information content (AvgIpc) is 2.85. The third-order valence-electron chi connectivity index (χ3n) is 2.93. The second kappa shape index (κ2) is 6.39. The number of benzene rings is 1. The van der Waals surface area contributed by atoms with Gasteiger partial charge in [0.25, 0.3) is 0 Å². The topological polar surface area (TPSA) is 85.2 Å². The minimum absolute atomic E-state index is 0.155. The second-order valence-corrected chi connectivity index (χ2v) is 6.05. The normalized spacial score (nSPS) is 14.2. The van der Waals surface area contributed by atoms with Gasteiger partial charge in [0.1, 0.15) is 0 Å². The predicted octanol–water partition coefficient (Wildman–Crippen LogP) is 1.92. The summed E-state index contributed by atoms with van der Waals surface area (Å²) in [7, 11) is 0. The standard InChI is InChI=1S/C14H19N3O2S/c1-10-5-3-4-6-11(10)20-8-12-16-13(19-17-12)7-14(2,18)9-15/h3-6,18H,7-9,15H2,1-2H3. The van der Waals surface area contributed by atoms with Crippen LogP contribution < -0.4 is 5.73 Å². The van der Waals surface area contributed by atoms with E-state index < -0.39 is 5.60 Å². The minimum atomic E-state index is -1.01. The molecule has 5 nitrogen and oxygen atoms in total. The predicted molar refractivity (Wildman–Crippen MR) is 78.4 cm³/mol. The smallest absolute Gasteiger partial charge is 0.229 e. The number of hydrogen-bond donors (Lipinski definition) is 2. The summed E-state index contributed by atoms with van der Waals surface area (Å²) in [4.78, 5) is 5.48. The Morgan fingerprint density at radius 2 is 2.15 bits per heavy atom. The van der Waals surface area contributed by atoms with Crippen molar-refractivity contribution in [2.45, 2.75) is 36.5 Å². The Labute approximate surface area is 122 Å². The van der Waals surface area contributed by atoms with Gasteiger partial charge in [0, 0.05) is 11.4 Å². The number of aromatic nitrogens is 2. The van der Waals surface area contributed by atoms with E-state index in [1.807, 2.05) is 12.1 Å². The minimum Gasteiger partial charge on any atom is -0.388 e. The number of nitrogens with two attached hydrogens (primary N) is 1. The number of rotatable bonds is 6. The summed E-state index contributed by atoms with van der Waals surface area (Å²) in [5.41, 5.74) is 5.69. The van der Waals surface area contributed by atoms with Crippen LogP contribution in [0.5, 0.6) is 0 Å². The molecule has 0 aliphatic carbocycles. The third-order valence-corrected chi connectivity index (χ3v) is 4.10. The van der Waals surface area contributed by atoms with Crippen molar-refractivity contribution in [3.8, 4) is 0 Å². The van der Waals surface area contributed by atoms with Crippen LogP contribution in [0.3, 0.4) is 0 Å². The number of nitrogens with zero attached hydrogens (tertiary/aromatic N) is 2. The highest BCUT2D eigenvalue weighted by Crippen LogP contribution is 2.24. The van der Waals surface area contributed by atoms with Gasteiger partial charge in [-0.2, -0.15) is 4.98 Å². The van der Waals surface area contributed by atoms with Crippen LogP contribution in [0.15, 0.2) is 33.7 Å². The molecule has 0 amide bonds. The highest BCUT2D eigenvalue weighted by molar-refractivity contribution is 7.98. The van der Waals surface area contributed by atoms with E-state index in [9.17, 15) is 5.11 Å². The Morgan fingerprint density at radius 1 is 1.40 bits per heavy atom. The molecule has 0 saturated carbocycles. The molecule has 0 fully saturated rings. The zero-order chi connectivity index (χ0) is 14.6. The largest absolute Gasteiger partial charge is 0.388 e. The van der Waals surface area contributed by atoms with Crippen LogP contribution in [-0.2, 0) is 12.2 Å². The van der Waals surface area contributed by atoms with E-state index in [0.29, 0.717) is 17.5 Å². The number of aliphatic hydroxyl groups is 1. The summed E-state index contributed by atoms with van der Waals surface area (Å²) in [6.07, 6.45) is 0.269. The number of aryl methyl sites for hydroxylation is 1. The van der Waals surface area contributed by atoms with Crippen LogP contribution in [0.4, 0.5) is 0 Å². The van der Waals surface area contributed by atoms with E-state index in [-0.39, 0.29) is 13.0 Å². The summed E-state index contributed by atoms with van der Waals surface area (Å²) in [5, 5.41) is 13.8. The SMILES string of the molecule is Cc1ccccc1SCc1noc(CC(C)(O)CN)n1. The van der Waals surface area contributed by atoms with Crippen molar-refractivity contribution >= 4 is 11.8 Å². The molecule has 1 aromatic carbocycles. The van der Waals surface area contributed by atoms with E-state index in [4.69, 9.17) is 10.3 Å². The van der Waals surface area contributed by atoms with Crippen molar-refractivity contribution < 1.29 is 9.63 Å². The van der Waals surface area contributed by atoms with E-state index in [0.717, 1.165) is 0 Å². The molecule has 0 spiro atoms. The van der Waals surface area contributed by atoms with Gasteiger partial charge in [-0.25, -0.2) is 0 Å². The van der Waals surface area contributed by atoms with Crippen molar-refractivity contribution in [2.24, 2.45) is 5.73 Å². The molecule has 2 aromatic rings. The lowest BCUT2D eigenvalue weighted by Crippen LogP contribution is -2.36. The number of hydrogen-bond acceptors (Lipinski definition) is 6. The molecule has 2 rings (SSSR count). The van der Waals surface area contributed by atoms with E-state index >= 15 is 0 Å². The summed E-state index contributed by atoms with van der Waals surface area (Å²) in [5.74, 6) is 1.68. The van der Waals surface area contributed by atoms with Crippen LogP contribution in [0, 0.1) is 6.92 Å². The fourth-order valence-electron chi connectivity index (χ4n) is 1.68. The van der Waals surface area contributed by atoms with Crippen LogP contribution in [0.2, 0.25) is 0 Å². The lowest BCUT2D eigenvalue weighted by atomic mass is 10.0. The van der Waals surface area contributed by atoms with Gasteiger partial charge in [0.15, 0.2) is 5.82 Å². The molecular weight excluding hydrogens is 274 g/mol. The highest BCUT2D eigenvalue weighted by Gasteiger charge is 2.22. The zero-order valence-electron chi connectivity index (χ0n) is 11.7. The van der Waals surface area contributed by atoms with E-state index in [2.05, 4.69) is 29.2 Å². The highest BCUT2D eigenvalue weighted by atomic mass is 32.2. The Balaban J connectivity index is 1.95. The second-order valence-electron chi connectivity index (χ2n) is 5.04. The van der Waals surface area contributed by atoms with Gasteiger partial charge in [0.2, 0.25) is 5.89 Å². The van der Waals surface area contributed by atoms with Crippen molar-refractivity contribution in [3.05, 3.63) is 41.5 Å². The fraction of sp³-hybridized carbons (Fsp3) is 0.429. The van der Waals surface area contributed by atoms with Gasteiger partial charge >= 0.3 is 0 Å². The first-order chi connectivity index (χ1) is 9.50. The maximum Gasteiger partial charge on any atom is 0.229 e. The molecule has 0 radical (unpaired) electrons. The fourth-order valence-corrected chi connectivity index (χ4v) is 2.55. The Morgan fingerprint density at radius 3 is 2.85 bits per heavy atom. The maximum absolute atomic E-state index is 9.87. The van der Waals surface area contributed by atoms with Gasteiger partial charge in [0.05, 0.1) is 17.8 Å². The average molecular weight is 293 g/mol. The Kier molecular flexibility index (Phi) is 4.80. The molecule has 0 saturated heterocycles. The first-order valence-electron chi connectivity index (χ1n) is 6.42. The molecule has 0 bridgehead atoms. The molecule has 0 aliphatic heterocycles. The van der Waals surface area contributed by atoms with Gasteiger partial charge in [-0.1, -0.05) is 23.4 Å². The quantitative estimate of drug-likeness (QED) is 0.792. The van der Waals surface area contributed by atoms with Crippen LogP contribution in [-0.4, -0.2) is 27.4 Å².